The molecule has 0 saturated heterocycles. The molecule has 1 unspecified atom stereocenters. The molecule has 0 fully saturated rings. The molecule has 2 heterocycles. The number of likely N-dealkylation sites (N-methyl/N-ethyl adjacent to an activating group) is 1. The molecule has 2 rings (SSSR count). The lowest BCUT2D eigenvalue weighted by Crippen LogP contribution is -2.40. The van der Waals surface area contributed by atoms with Gasteiger partial charge in [0.2, 0.25) is 0 Å². The van der Waals surface area contributed by atoms with Crippen LogP contribution in [0.3, 0.4) is 0 Å². The highest BCUT2D eigenvalue weighted by atomic mass is 79.9. The molecule has 1 aromatic heterocycles. The van der Waals surface area contributed by atoms with Gasteiger partial charge in [-0.3, -0.25) is 4.99 Å². The van der Waals surface area contributed by atoms with Gasteiger partial charge in [-0.25, -0.2) is 0 Å². The number of nitrogens with zero attached hydrogens (tertiary/aromatic N) is 3. The topological polar surface area (TPSA) is 44.9 Å². The van der Waals surface area contributed by atoms with Crippen molar-refractivity contribution >= 4 is 44.8 Å². The predicted molar refractivity (Wildman–Crippen MR) is 81.5 cm³/mol. The van der Waals surface area contributed by atoms with E-state index in [4.69, 9.17) is 17.3 Å². The first-order chi connectivity index (χ1) is 8.49. The molecule has 1 aliphatic heterocycles. The minimum absolute atomic E-state index is 0.221. The Morgan fingerprint density at radius 3 is 2.94 bits per heavy atom. The maximum absolute atomic E-state index is 6.10. The van der Waals surface area contributed by atoms with E-state index in [1.54, 1.807) is 11.3 Å². The van der Waals surface area contributed by atoms with Gasteiger partial charge in [0.05, 0.1) is 12.6 Å². The van der Waals surface area contributed by atoms with Crippen LogP contribution in [0, 0.1) is 0 Å². The fourth-order valence-electron chi connectivity index (χ4n) is 1.88. The van der Waals surface area contributed by atoms with Gasteiger partial charge in [0.1, 0.15) is 4.34 Å². The average Bonchev–Trinajstić information content (AvgIpc) is 2.81. The summed E-state index contributed by atoms with van der Waals surface area (Å²) in [5, 5.41) is 0. The third-order valence-corrected chi connectivity index (χ3v) is 5.45. The third-order valence-electron chi connectivity index (χ3n) is 2.88. The van der Waals surface area contributed by atoms with Crippen molar-refractivity contribution in [1.29, 1.82) is 0 Å². The molecule has 18 heavy (non-hydrogen) atoms. The van der Waals surface area contributed by atoms with E-state index in [9.17, 15) is 0 Å². The SMILES string of the molecule is CN(C)CCN1C(N)=NCC1c1cc(Br)c(Cl)s1. The monoisotopic (exact) mass is 350 g/mol. The second-order valence-electron chi connectivity index (χ2n) is 4.48. The minimum atomic E-state index is 0.221. The fraction of sp³-hybridized carbons (Fsp3) is 0.545. The zero-order valence-corrected chi connectivity index (χ0v) is 13.5. The van der Waals surface area contributed by atoms with E-state index in [1.807, 2.05) is 0 Å². The van der Waals surface area contributed by atoms with E-state index < -0.39 is 0 Å². The Balaban J connectivity index is 2.12. The quantitative estimate of drug-likeness (QED) is 0.906. The van der Waals surface area contributed by atoms with E-state index in [1.165, 1.54) is 4.88 Å². The lowest BCUT2D eigenvalue weighted by Gasteiger charge is -2.26. The lowest BCUT2D eigenvalue weighted by molar-refractivity contribution is 0.295. The van der Waals surface area contributed by atoms with Crippen LogP contribution in [0.25, 0.3) is 0 Å². The number of halogens is 2. The van der Waals surface area contributed by atoms with Crippen LogP contribution in [0.15, 0.2) is 15.5 Å². The fourth-order valence-corrected chi connectivity index (χ4v) is 3.72. The van der Waals surface area contributed by atoms with Crippen LogP contribution in [-0.2, 0) is 0 Å². The van der Waals surface area contributed by atoms with Crippen LogP contribution in [-0.4, -0.2) is 49.5 Å². The van der Waals surface area contributed by atoms with Crippen LogP contribution in [0.2, 0.25) is 4.34 Å². The number of nitrogens with two attached hydrogens (primary N) is 1. The molecule has 0 saturated carbocycles. The maximum Gasteiger partial charge on any atom is 0.191 e. The molecular formula is C11H16BrClN4S. The van der Waals surface area contributed by atoms with Crippen molar-refractivity contribution in [2.75, 3.05) is 33.7 Å². The van der Waals surface area contributed by atoms with Crippen molar-refractivity contribution < 1.29 is 0 Å². The maximum atomic E-state index is 6.10. The van der Waals surface area contributed by atoms with Crippen LogP contribution in [0.4, 0.5) is 0 Å². The molecule has 4 nitrogen and oxygen atoms in total. The zero-order valence-electron chi connectivity index (χ0n) is 10.4. The van der Waals surface area contributed by atoms with Gasteiger partial charge >= 0.3 is 0 Å². The molecule has 1 aromatic rings. The summed E-state index contributed by atoms with van der Waals surface area (Å²) in [4.78, 5) is 9.83. The minimum Gasteiger partial charge on any atom is -0.370 e. The summed E-state index contributed by atoms with van der Waals surface area (Å²) in [5.74, 6) is 0.627. The van der Waals surface area contributed by atoms with Crippen LogP contribution >= 0.6 is 38.9 Å². The van der Waals surface area contributed by atoms with E-state index in [0.29, 0.717) is 12.5 Å². The van der Waals surface area contributed by atoms with Crippen molar-refractivity contribution in [3.63, 3.8) is 0 Å². The van der Waals surface area contributed by atoms with E-state index in [0.717, 1.165) is 21.9 Å². The Morgan fingerprint density at radius 1 is 1.67 bits per heavy atom. The van der Waals surface area contributed by atoms with Crippen LogP contribution in [0.5, 0.6) is 0 Å². The molecule has 0 bridgehead atoms. The van der Waals surface area contributed by atoms with Crippen molar-refractivity contribution in [3.8, 4) is 0 Å². The van der Waals surface area contributed by atoms with E-state index in [2.05, 4.69) is 50.9 Å². The largest absolute Gasteiger partial charge is 0.370 e. The number of thiophene rings is 1. The number of hydrogen-bond acceptors (Lipinski definition) is 5. The Kier molecular flexibility index (Phi) is 4.53. The zero-order chi connectivity index (χ0) is 13.3. The molecule has 7 heteroatoms. The Labute approximate surface area is 125 Å². The summed E-state index contributed by atoms with van der Waals surface area (Å²) in [6.07, 6.45) is 0. The average molecular weight is 352 g/mol. The summed E-state index contributed by atoms with van der Waals surface area (Å²) >= 11 is 11.1. The summed E-state index contributed by atoms with van der Waals surface area (Å²) in [7, 11) is 4.11. The number of guanidine groups is 1. The van der Waals surface area contributed by atoms with Gasteiger partial charge < -0.3 is 15.5 Å². The summed E-state index contributed by atoms with van der Waals surface area (Å²) in [5.41, 5.74) is 5.96. The van der Waals surface area contributed by atoms with Gasteiger partial charge in [-0.05, 0) is 36.1 Å². The number of rotatable bonds is 4. The van der Waals surface area contributed by atoms with Crippen LogP contribution in [0.1, 0.15) is 10.9 Å². The van der Waals surface area contributed by atoms with Gasteiger partial charge in [0.25, 0.3) is 0 Å². The first-order valence-electron chi connectivity index (χ1n) is 5.65. The normalized spacial score (nSPS) is 19.7. The van der Waals surface area contributed by atoms with Gasteiger partial charge in [0.15, 0.2) is 5.96 Å². The number of hydrogen-bond donors (Lipinski definition) is 1. The molecular weight excluding hydrogens is 336 g/mol. The smallest absolute Gasteiger partial charge is 0.191 e. The van der Waals surface area contributed by atoms with Gasteiger partial charge in [-0.2, -0.15) is 0 Å². The first kappa shape index (κ1) is 14.1. The highest BCUT2D eigenvalue weighted by Crippen LogP contribution is 2.38. The number of aliphatic imine (C=N–C) groups is 1. The van der Waals surface area contributed by atoms with Gasteiger partial charge in [-0.1, -0.05) is 11.6 Å². The summed E-state index contributed by atoms with van der Waals surface area (Å²) < 4.78 is 1.73. The molecule has 1 atom stereocenters. The highest BCUT2D eigenvalue weighted by molar-refractivity contribution is 9.10. The Bertz CT molecular complexity index is 440. The van der Waals surface area contributed by atoms with Crippen molar-refractivity contribution in [3.05, 3.63) is 19.8 Å². The van der Waals surface area contributed by atoms with Crippen molar-refractivity contribution in [1.82, 2.24) is 9.80 Å². The highest BCUT2D eigenvalue weighted by Gasteiger charge is 2.29. The molecule has 0 aromatic carbocycles. The van der Waals surface area contributed by atoms with Crippen molar-refractivity contribution in [2.24, 2.45) is 10.7 Å². The second kappa shape index (κ2) is 5.77. The Hall–Kier alpha value is -0.300. The molecule has 0 spiro atoms. The molecule has 2 N–H and O–H groups in total. The lowest BCUT2D eigenvalue weighted by atomic mass is 10.2. The molecule has 0 radical (unpaired) electrons. The van der Waals surface area contributed by atoms with Crippen molar-refractivity contribution in [2.45, 2.75) is 6.04 Å². The Morgan fingerprint density at radius 2 is 2.39 bits per heavy atom. The standard InChI is InChI=1S/C11H16BrClN4S/c1-16(2)3-4-17-8(6-15-11(17)14)9-5-7(12)10(13)18-9/h5,8H,3-4,6H2,1-2H3,(H2,14,15). The molecule has 1 aliphatic rings. The molecule has 0 amide bonds. The predicted octanol–water partition coefficient (Wildman–Crippen LogP) is 2.40. The van der Waals surface area contributed by atoms with Gasteiger partial charge in [-0.15, -0.1) is 11.3 Å². The van der Waals surface area contributed by atoms with Crippen LogP contribution < -0.4 is 5.73 Å². The molecule has 100 valence electrons. The van der Waals surface area contributed by atoms with E-state index in [-0.39, 0.29) is 6.04 Å². The summed E-state index contributed by atoms with van der Waals surface area (Å²) in [6.45, 7) is 2.54. The third kappa shape index (κ3) is 2.99. The second-order valence-corrected chi connectivity index (χ2v) is 7.02. The van der Waals surface area contributed by atoms with E-state index >= 15 is 0 Å². The first-order valence-corrected chi connectivity index (χ1v) is 7.64. The summed E-state index contributed by atoms with van der Waals surface area (Å²) in [6, 6.07) is 2.28. The molecule has 0 aliphatic carbocycles. The van der Waals surface area contributed by atoms with Gasteiger partial charge in [0, 0.05) is 22.4 Å².